The molecule has 0 atom stereocenters. The van der Waals surface area contributed by atoms with Crippen LogP contribution in [0.25, 0.3) is 22.4 Å². The third-order valence-electron chi connectivity index (χ3n) is 4.59. The van der Waals surface area contributed by atoms with Crippen molar-refractivity contribution in [1.82, 2.24) is 10.1 Å². The largest absolute Gasteiger partial charge is 0.335 e. The molecule has 4 aromatic rings. The van der Waals surface area contributed by atoms with Crippen molar-refractivity contribution in [3.05, 3.63) is 77.2 Å². The smallest absolute Gasteiger partial charge is 0.259 e. The summed E-state index contributed by atoms with van der Waals surface area (Å²) in [6, 6.07) is 15.3. The second kappa shape index (κ2) is 7.23. The fraction of sp³-hybridized carbons (Fsp3) is 0.136. The van der Waals surface area contributed by atoms with Crippen molar-refractivity contribution >= 4 is 22.7 Å². The van der Waals surface area contributed by atoms with Crippen LogP contribution in [0.4, 0.5) is 10.1 Å². The third kappa shape index (κ3) is 3.36. The Morgan fingerprint density at radius 2 is 1.93 bits per heavy atom. The minimum Gasteiger partial charge on any atom is -0.335 e. The molecule has 5 nitrogen and oxygen atoms in total. The summed E-state index contributed by atoms with van der Waals surface area (Å²) in [4.78, 5) is 17.5. The summed E-state index contributed by atoms with van der Waals surface area (Å²) in [7, 11) is 0. The second-order valence-corrected chi connectivity index (χ2v) is 6.52. The van der Waals surface area contributed by atoms with Crippen LogP contribution in [0.15, 0.2) is 59.1 Å². The topological polar surface area (TPSA) is 68.0 Å². The van der Waals surface area contributed by atoms with Gasteiger partial charge in [0.2, 0.25) is 0 Å². The van der Waals surface area contributed by atoms with Gasteiger partial charge in [0.25, 0.3) is 11.6 Å². The molecule has 1 N–H and O–H groups in total. The van der Waals surface area contributed by atoms with Crippen LogP contribution in [0.3, 0.4) is 0 Å². The predicted octanol–water partition coefficient (Wildman–Crippen LogP) is 5.15. The molecule has 6 heteroatoms. The lowest BCUT2D eigenvalue weighted by Gasteiger charge is -2.09. The van der Waals surface area contributed by atoms with Crippen molar-refractivity contribution in [2.75, 3.05) is 5.32 Å². The van der Waals surface area contributed by atoms with Crippen LogP contribution in [0.1, 0.15) is 28.5 Å². The monoisotopic (exact) mass is 375 g/mol. The van der Waals surface area contributed by atoms with Gasteiger partial charge in [0, 0.05) is 11.3 Å². The minimum atomic E-state index is -0.339. The van der Waals surface area contributed by atoms with Crippen molar-refractivity contribution < 1.29 is 13.7 Å². The number of carbonyl (C=O) groups is 1. The standard InChI is InChI=1S/C22H18FN3O2/c1-3-14-5-4-6-17(11-14)24-21(27)18-12-19(15-7-9-16(23)10-8-15)25-22-20(18)13(2)26-28-22/h4-12H,3H2,1-2H3,(H,24,27). The fourth-order valence-electron chi connectivity index (χ4n) is 3.11. The number of hydrogen-bond acceptors (Lipinski definition) is 4. The number of anilines is 1. The highest BCUT2D eigenvalue weighted by molar-refractivity contribution is 6.13. The number of halogens is 1. The summed E-state index contributed by atoms with van der Waals surface area (Å²) in [5.74, 6) is -0.621. The maximum Gasteiger partial charge on any atom is 0.259 e. The van der Waals surface area contributed by atoms with Crippen molar-refractivity contribution in [3.63, 3.8) is 0 Å². The van der Waals surface area contributed by atoms with Gasteiger partial charge < -0.3 is 9.84 Å². The molecule has 140 valence electrons. The molecule has 0 spiro atoms. The molecular weight excluding hydrogens is 357 g/mol. The molecule has 0 unspecified atom stereocenters. The lowest BCUT2D eigenvalue weighted by molar-refractivity contribution is 0.102. The quantitative estimate of drug-likeness (QED) is 0.535. The highest BCUT2D eigenvalue weighted by atomic mass is 19.1. The van der Waals surface area contributed by atoms with Gasteiger partial charge in [0.1, 0.15) is 5.82 Å². The molecule has 0 aliphatic heterocycles. The number of fused-ring (bicyclic) bond motifs is 1. The average Bonchev–Trinajstić information content (AvgIpc) is 3.09. The molecule has 28 heavy (non-hydrogen) atoms. The van der Waals surface area contributed by atoms with E-state index in [9.17, 15) is 9.18 Å². The van der Waals surface area contributed by atoms with E-state index >= 15 is 0 Å². The molecule has 2 heterocycles. The van der Waals surface area contributed by atoms with E-state index < -0.39 is 0 Å². The number of benzene rings is 2. The number of nitrogens with one attached hydrogen (secondary N) is 1. The Balaban J connectivity index is 1.78. The molecule has 2 aromatic carbocycles. The van der Waals surface area contributed by atoms with Crippen molar-refractivity contribution in [2.24, 2.45) is 0 Å². The number of aromatic nitrogens is 2. The third-order valence-corrected chi connectivity index (χ3v) is 4.59. The van der Waals surface area contributed by atoms with Gasteiger partial charge in [-0.1, -0.05) is 24.2 Å². The Labute approximate surface area is 161 Å². The van der Waals surface area contributed by atoms with Crippen molar-refractivity contribution in [3.8, 4) is 11.3 Å². The van der Waals surface area contributed by atoms with Crippen LogP contribution in [0.2, 0.25) is 0 Å². The van der Waals surface area contributed by atoms with Gasteiger partial charge in [-0.15, -0.1) is 0 Å². The Morgan fingerprint density at radius 3 is 2.68 bits per heavy atom. The van der Waals surface area contributed by atoms with E-state index in [0.29, 0.717) is 33.6 Å². The normalized spacial score (nSPS) is 11.0. The van der Waals surface area contributed by atoms with Crippen molar-refractivity contribution in [2.45, 2.75) is 20.3 Å². The van der Waals surface area contributed by atoms with E-state index in [2.05, 4.69) is 22.4 Å². The molecule has 0 aliphatic carbocycles. The van der Waals surface area contributed by atoms with E-state index in [1.807, 2.05) is 24.3 Å². The summed E-state index contributed by atoms with van der Waals surface area (Å²) >= 11 is 0. The SMILES string of the molecule is CCc1cccc(NC(=O)c2cc(-c3ccc(F)cc3)nc3onc(C)c23)c1. The summed E-state index contributed by atoms with van der Waals surface area (Å²) in [5, 5.41) is 7.44. The van der Waals surface area contributed by atoms with Gasteiger partial charge in [-0.05, 0) is 61.4 Å². The maximum absolute atomic E-state index is 13.3. The van der Waals surface area contributed by atoms with Crippen LogP contribution in [-0.2, 0) is 6.42 Å². The predicted molar refractivity (Wildman–Crippen MR) is 106 cm³/mol. The fourth-order valence-corrected chi connectivity index (χ4v) is 3.11. The van der Waals surface area contributed by atoms with Crippen LogP contribution in [0, 0.1) is 12.7 Å². The Morgan fingerprint density at radius 1 is 1.14 bits per heavy atom. The number of amides is 1. The number of rotatable bonds is 4. The Kier molecular flexibility index (Phi) is 4.61. The van der Waals surface area contributed by atoms with Crippen LogP contribution in [-0.4, -0.2) is 16.0 Å². The Bertz CT molecular complexity index is 1170. The number of aryl methyl sites for hydroxylation is 2. The molecule has 0 radical (unpaired) electrons. The molecular formula is C22H18FN3O2. The zero-order valence-electron chi connectivity index (χ0n) is 15.5. The summed E-state index contributed by atoms with van der Waals surface area (Å²) in [6.07, 6.45) is 0.878. The number of carbonyl (C=O) groups excluding carboxylic acids is 1. The van der Waals surface area contributed by atoms with Crippen molar-refractivity contribution in [1.29, 1.82) is 0 Å². The molecule has 0 aliphatic rings. The van der Waals surface area contributed by atoms with E-state index in [4.69, 9.17) is 4.52 Å². The highest BCUT2D eigenvalue weighted by Gasteiger charge is 2.19. The summed E-state index contributed by atoms with van der Waals surface area (Å²) in [5.41, 5.74) is 4.30. The van der Waals surface area contributed by atoms with Crippen LogP contribution in [0.5, 0.6) is 0 Å². The maximum atomic E-state index is 13.3. The van der Waals surface area contributed by atoms with Gasteiger partial charge in [0.15, 0.2) is 0 Å². The van der Waals surface area contributed by atoms with E-state index in [0.717, 1.165) is 12.0 Å². The van der Waals surface area contributed by atoms with Gasteiger partial charge in [-0.2, -0.15) is 0 Å². The molecule has 1 amide bonds. The highest BCUT2D eigenvalue weighted by Crippen LogP contribution is 2.28. The summed E-state index contributed by atoms with van der Waals surface area (Å²) < 4.78 is 18.6. The molecule has 0 saturated heterocycles. The average molecular weight is 375 g/mol. The van der Waals surface area contributed by atoms with Gasteiger partial charge in [0.05, 0.1) is 22.3 Å². The second-order valence-electron chi connectivity index (χ2n) is 6.52. The van der Waals surface area contributed by atoms with E-state index in [1.165, 1.54) is 12.1 Å². The first-order chi connectivity index (χ1) is 13.5. The minimum absolute atomic E-state index is 0.270. The first kappa shape index (κ1) is 17.9. The number of hydrogen-bond donors (Lipinski definition) is 1. The number of nitrogens with zero attached hydrogens (tertiary/aromatic N) is 2. The van der Waals surface area contributed by atoms with Crippen LogP contribution >= 0.6 is 0 Å². The first-order valence-electron chi connectivity index (χ1n) is 8.98. The van der Waals surface area contributed by atoms with Crippen LogP contribution < -0.4 is 5.32 Å². The van der Waals surface area contributed by atoms with E-state index in [1.54, 1.807) is 25.1 Å². The molecule has 0 fully saturated rings. The zero-order valence-corrected chi connectivity index (χ0v) is 15.5. The lowest BCUT2D eigenvalue weighted by atomic mass is 10.0. The van der Waals surface area contributed by atoms with Gasteiger partial charge in [-0.3, -0.25) is 4.79 Å². The van der Waals surface area contributed by atoms with Gasteiger partial charge in [-0.25, -0.2) is 9.37 Å². The summed E-state index contributed by atoms with van der Waals surface area (Å²) in [6.45, 7) is 3.82. The molecule has 2 aromatic heterocycles. The molecule has 4 rings (SSSR count). The first-order valence-corrected chi connectivity index (χ1v) is 8.98. The number of pyridine rings is 1. The molecule has 0 saturated carbocycles. The molecule has 0 bridgehead atoms. The van der Waals surface area contributed by atoms with Gasteiger partial charge >= 0.3 is 0 Å². The zero-order chi connectivity index (χ0) is 19.7. The Hall–Kier alpha value is -3.54. The lowest BCUT2D eigenvalue weighted by Crippen LogP contribution is -2.13. The van der Waals surface area contributed by atoms with E-state index in [-0.39, 0.29) is 17.4 Å².